The topological polar surface area (TPSA) is 58.2 Å². The number of carbonyl (C=O) groups excluding carboxylic acids is 2. The van der Waals surface area contributed by atoms with E-state index in [0.29, 0.717) is 19.5 Å². The predicted octanol–water partition coefficient (Wildman–Crippen LogP) is 2.65. The molecule has 0 heterocycles. The fourth-order valence-electron chi connectivity index (χ4n) is 1.55. The van der Waals surface area contributed by atoms with E-state index in [1.54, 1.807) is 6.08 Å². The molecule has 0 rings (SSSR count). The Morgan fingerprint density at radius 2 is 1.78 bits per heavy atom. The van der Waals surface area contributed by atoms with Crippen LogP contribution in [0.5, 0.6) is 0 Å². The molecule has 0 saturated carbocycles. The van der Waals surface area contributed by atoms with E-state index >= 15 is 0 Å². The second-order valence-electron chi connectivity index (χ2n) is 4.22. The van der Waals surface area contributed by atoms with Crippen molar-refractivity contribution in [3.63, 3.8) is 0 Å². The number of hydrogen-bond acceptors (Lipinski definition) is 2. The molecule has 0 aromatic heterocycles. The first-order chi connectivity index (χ1) is 8.70. The van der Waals surface area contributed by atoms with Crippen molar-refractivity contribution in [3.05, 3.63) is 12.2 Å². The zero-order valence-corrected chi connectivity index (χ0v) is 11.6. The minimum atomic E-state index is -0.0147. The Morgan fingerprint density at radius 3 is 2.44 bits per heavy atom. The van der Waals surface area contributed by atoms with Gasteiger partial charge in [0.25, 0.3) is 0 Å². The second-order valence-corrected chi connectivity index (χ2v) is 4.22. The average molecular weight is 258 g/mol. The van der Waals surface area contributed by atoms with Crippen LogP contribution in [0.3, 0.4) is 0 Å². The van der Waals surface area contributed by atoms with Crippen molar-refractivity contribution >= 4 is 11.8 Å². The Bertz CT molecular complexity index is 272. The Balaban J connectivity index is -0.00000144. The van der Waals surface area contributed by atoms with E-state index in [2.05, 4.69) is 10.6 Å². The molecule has 0 radical (unpaired) electrons. The summed E-state index contributed by atoms with van der Waals surface area (Å²) in [5, 5.41) is 5.61. The standard InChI is InChI=1S/C14H26N2O2.2H2/c1-3-5-10-14(18)16-12-9-7-6-8-11-13(17)15-4-2;;/h5,10H,3-4,6-9,11-12H2,1-2H3,(H,15,17)(H,16,18);2*1H/b10-5+;;. The van der Waals surface area contributed by atoms with E-state index in [4.69, 9.17) is 0 Å². The highest BCUT2D eigenvalue weighted by Gasteiger charge is 1.99. The Kier molecular flexibility index (Phi) is 11.3. The first kappa shape index (κ1) is 16.7. The fraction of sp³-hybridized carbons (Fsp3) is 0.714. The molecule has 0 aliphatic carbocycles. The van der Waals surface area contributed by atoms with Crippen LogP contribution in [0.4, 0.5) is 0 Å². The largest absolute Gasteiger partial charge is 0.356 e. The number of unbranched alkanes of at least 4 members (excludes halogenated alkanes) is 3. The summed E-state index contributed by atoms with van der Waals surface area (Å²) in [5.74, 6) is 0.120. The Labute approximate surface area is 113 Å². The van der Waals surface area contributed by atoms with Gasteiger partial charge in [0, 0.05) is 22.4 Å². The van der Waals surface area contributed by atoms with E-state index in [1.165, 1.54) is 0 Å². The minimum absolute atomic E-state index is 0. The van der Waals surface area contributed by atoms with Crippen LogP contribution in [-0.2, 0) is 9.59 Å². The predicted molar refractivity (Wildman–Crippen MR) is 78.4 cm³/mol. The van der Waals surface area contributed by atoms with Crippen LogP contribution in [-0.4, -0.2) is 24.9 Å². The third-order valence-corrected chi connectivity index (χ3v) is 2.51. The molecule has 0 aromatic rings. The van der Waals surface area contributed by atoms with Crippen LogP contribution in [0.25, 0.3) is 0 Å². The van der Waals surface area contributed by atoms with Gasteiger partial charge in [-0.2, -0.15) is 0 Å². The van der Waals surface area contributed by atoms with Gasteiger partial charge >= 0.3 is 0 Å². The van der Waals surface area contributed by atoms with Crippen LogP contribution < -0.4 is 10.6 Å². The number of hydrogen-bond donors (Lipinski definition) is 2. The molecule has 4 heteroatoms. The molecule has 2 N–H and O–H groups in total. The van der Waals surface area contributed by atoms with Crippen molar-refractivity contribution < 1.29 is 12.4 Å². The number of rotatable bonds is 10. The van der Waals surface area contributed by atoms with E-state index in [0.717, 1.165) is 32.1 Å². The number of allylic oxidation sites excluding steroid dienone is 1. The zero-order chi connectivity index (χ0) is 13.6. The van der Waals surface area contributed by atoms with Gasteiger partial charge in [-0.1, -0.05) is 25.8 Å². The van der Waals surface area contributed by atoms with Gasteiger partial charge in [0.1, 0.15) is 0 Å². The highest BCUT2D eigenvalue weighted by Crippen LogP contribution is 2.02. The molecule has 0 aliphatic heterocycles. The molecule has 0 aliphatic rings. The van der Waals surface area contributed by atoms with Gasteiger partial charge in [0.05, 0.1) is 0 Å². The van der Waals surface area contributed by atoms with E-state index in [1.807, 2.05) is 19.9 Å². The minimum Gasteiger partial charge on any atom is -0.356 e. The van der Waals surface area contributed by atoms with Crippen LogP contribution in [0.15, 0.2) is 12.2 Å². The first-order valence-corrected chi connectivity index (χ1v) is 6.91. The van der Waals surface area contributed by atoms with Crippen LogP contribution >= 0.6 is 0 Å². The van der Waals surface area contributed by atoms with Crippen molar-refractivity contribution in [2.45, 2.75) is 52.4 Å². The Morgan fingerprint density at radius 1 is 1.06 bits per heavy atom. The molecule has 0 atom stereocenters. The molecule has 0 unspecified atom stereocenters. The van der Waals surface area contributed by atoms with Gasteiger partial charge in [-0.15, -0.1) is 0 Å². The molecule has 0 bridgehead atoms. The Hall–Kier alpha value is -1.32. The summed E-state index contributed by atoms with van der Waals surface area (Å²) in [5.41, 5.74) is 0. The molecule has 4 nitrogen and oxygen atoms in total. The summed E-state index contributed by atoms with van der Waals surface area (Å²) in [6.07, 6.45) is 8.91. The highest BCUT2D eigenvalue weighted by molar-refractivity contribution is 5.87. The van der Waals surface area contributed by atoms with Crippen LogP contribution in [0.1, 0.15) is 55.2 Å². The molecule has 18 heavy (non-hydrogen) atoms. The quantitative estimate of drug-likeness (QED) is 0.467. The van der Waals surface area contributed by atoms with Gasteiger partial charge in [0.15, 0.2) is 0 Å². The summed E-state index contributed by atoms with van der Waals surface area (Å²) in [4.78, 5) is 22.3. The lowest BCUT2D eigenvalue weighted by molar-refractivity contribution is -0.121. The molecule has 0 fully saturated rings. The number of carbonyl (C=O) groups is 2. The molecular weight excluding hydrogens is 228 g/mol. The summed E-state index contributed by atoms with van der Waals surface area (Å²) >= 11 is 0. The van der Waals surface area contributed by atoms with Gasteiger partial charge in [0.2, 0.25) is 11.8 Å². The average Bonchev–Trinajstić information content (AvgIpc) is 2.35. The molecule has 2 amide bonds. The van der Waals surface area contributed by atoms with Gasteiger partial charge in [-0.25, -0.2) is 0 Å². The van der Waals surface area contributed by atoms with Crippen LogP contribution in [0, 0.1) is 0 Å². The summed E-state index contributed by atoms with van der Waals surface area (Å²) < 4.78 is 0. The summed E-state index contributed by atoms with van der Waals surface area (Å²) in [6, 6.07) is 0. The van der Waals surface area contributed by atoms with Crippen molar-refractivity contribution in [3.8, 4) is 0 Å². The van der Waals surface area contributed by atoms with Crippen molar-refractivity contribution in [1.29, 1.82) is 0 Å². The lowest BCUT2D eigenvalue weighted by Crippen LogP contribution is -2.22. The van der Waals surface area contributed by atoms with Crippen molar-refractivity contribution in [1.82, 2.24) is 10.6 Å². The van der Waals surface area contributed by atoms with Gasteiger partial charge in [-0.3, -0.25) is 9.59 Å². The molecule has 0 aromatic carbocycles. The van der Waals surface area contributed by atoms with E-state index < -0.39 is 0 Å². The van der Waals surface area contributed by atoms with Crippen molar-refractivity contribution in [2.24, 2.45) is 0 Å². The lowest BCUT2D eigenvalue weighted by Gasteiger charge is -2.03. The highest BCUT2D eigenvalue weighted by atomic mass is 16.2. The third kappa shape index (κ3) is 11.2. The molecule has 108 valence electrons. The van der Waals surface area contributed by atoms with Gasteiger partial charge < -0.3 is 10.6 Å². The summed E-state index contributed by atoms with van der Waals surface area (Å²) in [6.45, 7) is 5.34. The smallest absolute Gasteiger partial charge is 0.243 e. The van der Waals surface area contributed by atoms with Gasteiger partial charge in [-0.05, 0) is 32.3 Å². The van der Waals surface area contributed by atoms with Crippen LogP contribution in [0.2, 0.25) is 0 Å². The van der Waals surface area contributed by atoms with Crippen molar-refractivity contribution in [2.75, 3.05) is 13.1 Å². The molecular formula is C14H30N2O2. The normalized spacial score (nSPS) is 10.6. The number of amides is 2. The van der Waals surface area contributed by atoms with E-state index in [-0.39, 0.29) is 14.7 Å². The molecule has 0 saturated heterocycles. The second kappa shape index (κ2) is 12.1. The maximum atomic E-state index is 11.2. The maximum Gasteiger partial charge on any atom is 0.243 e. The SMILES string of the molecule is CC/C=C/C(=O)NCCCCCCC(=O)NCC.[HH].[HH]. The first-order valence-electron chi connectivity index (χ1n) is 6.91. The fourth-order valence-corrected chi connectivity index (χ4v) is 1.55. The maximum absolute atomic E-state index is 11.2. The van der Waals surface area contributed by atoms with E-state index in [9.17, 15) is 9.59 Å². The lowest BCUT2D eigenvalue weighted by atomic mass is 10.1. The third-order valence-electron chi connectivity index (χ3n) is 2.51. The number of nitrogens with one attached hydrogen (secondary N) is 2. The zero-order valence-electron chi connectivity index (χ0n) is 11.6. The monoisotopic (exact) mass is 258 g/mol. The molecule has 0 spiro atoms. The summed E-state index contributed by atoms with van der Waals surface area (Å²) in [7, 11) is 0.